The number of carboxylic acids is 1. The monoisotopic (exact) mass is 402 g/mol. The number of hydrogen-bond acceptors (Lipinski definition) is 6. The lowest BCUT2D eigenvalue weighted by Crippen LogP contribution is -2.58. The van der Waals surface area contributed by atoms with Gasteiger partial charge < -0.3 is 31.9 Å². The van der Waals surface area contributed by atoms with Gasteiger partial charge in [-0.3, -0.25) is 14.4 Å². The Balaban J connectivity index is 4.86. The highest BCUT2D eigenvalue weighted by molar-refractivity contribution is 5.93. The molecule has 10 heteroatoms. The van der Waals surface area contributed by atoms with Crippen LogP contribution in [-0.4, -0.2) is 64.7 Å². The van der Waals surface area contributed by atoms with Crippen LogP contribution in [-0.2, 0) is 19.2 Å². The number of carbonyl (C=O) groups is 4. The van der Waals surface area contributed by atoms with Crippen LogP contribution in [0.15, 0.2) is 0 Å². The van der Waals surface area contributed by atoms with E-state index in [4.69, 9.17) is 5.73 Å². The molecule has 0 bridgehead atoms. The van der Waals surface area contributed by atoms with Crippen molar-refractivity contribution >= 4 is 23.7 Å². The average Bonchev–Trinajstić information content (AvgIpc) is 2.61. The molecule has 0 aromatic heterocycles. The first-order chi connectivity index (χ1) is 12.9. The van der Waals surface area contributed by atoms with Crippen LogP contribution in [0.1, 0.15) is 47.5 Å². The molecule has 7 N–H and O–H groups in total. The Morgan fingerprint density at radius 3 is 1.93 bits per heavy atom. The first-order valence-corrected chi connectivity index (χ1v) is 9.44. The lowest BCUT2D eigenvalue weighted by atomic mass is 9.99. The standard InChI is InChI=1S/C18H34N4O6/c1-6-10(4)14(18(27)28)22-17(26)13(8-23)21-15(24)11(5)20-16(25)12(19)7-9(2)3/h9-14,23H,6-8,19H2,1-5H3,(H,20,25)(H,21,24)(H,22,26)(H,27,28). The topological polar surface area (TPSA) is 171 Å². The van der Waals surface area contributed by atoms with Crippen molar-refractivity contribution in [2.24, 2.45) is 17.6 Å². The highest BCUT2D eigenvalue weighted by Crippen LogP contribution is 2.08. The number of aliphatic hydroxyl groups is 1. The van der Waals surface area contributed by atoms with Crippen molar-refractivity contribution in [2.75, 3.05) is 6.61 Å². The molecule has 0 fully saturated rings. The summed E-state index contributed by atoms with van der Waals surface area (Å²) in [6, 6.07) is -4.24. The van der Waals surface area contributed by atoms with E-state index in [-0.39, 0.29) is 11.8 Å². The van der Waals surface area contributed by atoms with Crippen LogP contribution in [0.25, 0.3) is 0 Å². The van der Waals surface area contributed by atoms with Crippen molar-refractivity contribution in [3.63, 3.8) is 0 Å². The maximum Gasteiger partial charge on any atom is 0.326 e. The molecule has 0 spiro atoms. The number of hydrogen-bond donors (Lipinski definition) is 6. The number of aliphatic hydroxyl groups excluding tert-OH is 1. The SMILES string of the molecule is CCC(C)C(NC(=O)C(CO)NC(=O)C(C)NC(=O)C(N)CC(C)C)C(=O)O. The molecule has 0 radical (unpaired) electrons. The van der Waals surface area contributed by atoms with Crippen molar-refractivity contribution in [2.45, 2.75) is 71.6 Å². The zero-order chi connectivity index (χ0) is 22.0. The molecule has 5 unspecified atom stereocenters. The van der Waals surface area contributed by atoms with Crippen molar-refractivity contribution in [1.82, 2.24) is 16.0 Å². The summed E-state index contributed by atoms with van der Waals surface area (Å²) in [6.07, 6.45) is 0.973. The zero-order valence-electron chi connectivity index (χ0n) is 17.2. The molecule has 0 aliphatic heterocycles. The molecule has 0 aliphatic carbocycles. The Kier molecular flexibility index (Phi) is 11.3. The van der Waals surface area contributed by atoms with Gasteiger partial charge in [-0.25, -0.2) is 4.79 Å². The number of amides is 3. The molecule has 3 amide bonds. The van der Waals surface area contributed by atoms with E-state index >= 15 is 0 Å². The molecule has 0 saturated carbocycles. The zero-order valence-corrected chi connectivity index (χ0v) is 17.2. The highest BCUT2D eigenvalue weighted by atomic mass is 16.4. The van der Waals surface area contributed by atoms with Gasteiger partial charge in [0.2, 0.25) is 17.7 Å². The predicted molar refractivity (Wildman–Crippen MR) is 103 cm³/mol. The second kappa shape index (κ2) is 12.3. The quantitative estimate of drug-likeness (QED) is 0.242. The van der Waals surface area contributed by atoms with Crippen LogP contribution >= 0.6 is 0 Å². The van der Waals surface area contributed by atoms with Crippen LogP contribution in [0, 0.1) is 11.8 Å². The van der Waals surface area contributed by atoms with E-state index in [9.17, 15) is 29.4 Å². The van der Waals surface area contributed by atoms with E-state index < -0.39 is 54.5 Å². The molecule has 5 atom stereocenters. The summed E-state index contributed by atoms with van der Waals surface area (Å²) in [7, 11) is 0. The minimum absolute atomic E-state index is 0.208. The van der Waals surface area contributed by atoms with Crippen molar-refractivity contribution in [1.29, 1.82) is 0 Å². The normalized spacial score (nSPS) is 16.4. The fourth-order valence-corrected chi connectivity index (χ4v) is 2.43. The second-order valence-corrected chi connectivity index (χ2v) is 7.42. The Morgan fingerprint density at radius 1 is 0.929 bits per heavy atom. The van der Waals surface area contributed by atoms with E-state index in [1.807, 2.05) is 13.8 Å². The molecular weight excluding hydrogens is 368 g/mol. The summed E-state index contributed by atoms with van der Waals surface area (Å²) in [5.74, 6) is -3.35. The molecule has 0 saturated heterocycles. The summed E-state index contributed by atoms with van der Waals surface area (Å²) in [5.41, 5.74) is 5.76. The number of aliphatic carboxylic acids is 1. The maximum absolute atomic E-state index is 12.3. The number of carboxylic acid groups (broad SMARTS) is 1. The largest absolute Gasteiger partial charge is 0.480 e. The summed E-state index contributed by atoms with van der Waals surface area (Å²) < 4.78 is 0. The first-order valence-electron chi connectivity index (χ1n) is 9.44. The summed E-state index contributed by atoms with van der Waals surface area (Å²) >= 11 is 0. The Labute approximate surface area is 165 Å². The van der Waals surface area contributed by atoms with E-state index in [1.165, 1.54) is 6.92 Å². The van der Waals surface area contributed by atoms with E-state index in [0.29, 0.717) is 12.8 Å². The molecule has 0 aliphatic rings. The van der Waals surface area contributed by atoms with Crippen LogP contribution in [0.4, 0.5) is 0 Å². The Hall–Kier alpha value is -2.20. The Morgan fingerprint density at radius 2 is 1.50 bits per heavy atom. The Bertz CT molecular complexity index is 554. The van der Waals surface area contributed by atoms with E-state index in [0.717, 1.165) is 0 Å². The molecule has 162 valence electrons. The fourth-order valence-electron chi connectivity index (χ4n) is 2.43. The molecule has 28 heavy (non-hydrogen) atoms. The third-order valence-electron chi connectivity index (χ3n) is 4.41. The van der Waals surface area contributed by atoms with Gasteiger partial charge in [-0.05, 0) is 25.2 Å². The lowest BCUT2D eigenvalue weighted by molar-refractivity contribution is -0.144. The molecule has 0 aromatic carbocycles. The first kappa shape index (κ1) is 25.8. The minimum atomic E-state index is -1.35. The molecule has 10 nitrogen and oxygen atoms in total. The maximum atomic E-state index is 12.3. The van der Waals surface area contributed by atoms with Crippen molar-refractivity contribution < 1.29 is 29.4 Å². The van der Waals surface area contributed by atoms with E-state index in [1.54, 1.807) is 13.8 Å². The van der Waals surface area contributed by atoms with Gasteiger partial charge in [0.15, 0.2) is 0 Å². The molecular formula is C18H34N4O6. The number of nitrogens with two attached hydrogens (primary N) is 1. The summed E-state index contributed by atoms with van der Waals surface area (Å²) in [6.45, 7) is 7.98. The van der Waals surface area contributed by atoms with Gasteiger partial charge in [-0.2, -0.15) is 0 Å². The molecule has 0 rings (SSSR count). The van der Waals surface area contributed by atoms with Crippen molar-refractivity contribution in [3.05, 3.63) is 0 Å². The van der Waals surface area contributed by atoms with Gasteiger partial charge in [-0.1, -0.05) is 34.1 Å². The van der Waals surface area contributed by atoms with E-state index in [2.05, 4.69) is 16.0 Å². The van der Waals surface area contributed by atoms with Crippen LogP contribution in [0.5, 0.6) is 0 Å². The molecule has 0 aromatic rings. The average molecular weight is 402 g/mol. The van der Waals surface area contributed by atoms with Gasteiger partial charge in [0.1, 0.15) is 18.1 Å². The van der Waals surface area contributed by atoms with Gasteiger partial charge >= 0.3 is 5.97 Å². The fraction of sp³-hybridized carbons (Fsp3) is 0.778. The summed E-state index contributed by atoms with van der Waals surface area (Å²) in [5, 5.41) is 25.7. The second-order valence-electron chi connectivity index (χ2n) is 7.42. The smallest absolute Gasteiger partial charge is 0.326 e. The molecule has 0 heterocycles. The van der Waals surface area contributed by atoms with Crippen LogP contribution in [0.2, 0.25) is 0 Å². The van der Waals surface area contributed by atoms with Gasteiger partial charge in [0.25, 0.3) is 0 Å². The number of nitrogens with one attached hydrogen (secondary N) is 3. The third-order valence-corrected chi connectivity index (χ3v) is 4.41. The minimum Gasteiger partial charge on any atom is -0.480 e. The number of rotatable bonds is 12. The van der Waals surface area contributed by atoms with Gasteiger partial charge in [0, 0.05) is 0 Å². The van der Waals surface area contributed by atoms with Crippen molar-refractivity contribution in [3.8, 4) is 0 Å². The van der Waals surface area contributed by atoms with Gasteiger partial charge in [-0.15, -0.1) is 0 Å². The highest BCUT2D eigenvalue weighted by Gasteiger charge is 2.30. The lowest BCUT2D eigenvalue weighted by Gasteiger charge is -2.24. The third kappa shape index (κ3) is 8.66. The predicted octanol–water partition coefficient (Wildman–Crippen LogP) is -1.04. The van der Waals surface area contributed by atoms with Crippen LogP contribution < -0.4 is 21.7 Å². The van der Waals surface area contributed by atoms with Crippen LogP contribution in [0.3, 0.4) is 0 Å². The number of carbonyl (C=O) groups excluding carboxylic acids is 3. The summed E-state index contributed by atoms with van der Waals surface area (Å²) in [4.78, 5) is 47.8. The van der Waals surface area contributed by atoms with Gasteiger partial charge in [0.05, 0.1) is 12.6 Å².